The summed E-state index contributed by atoms with van der Waals surface area (Å²) in [5.41, 5.74) is 0.285. The summed E-state index contributed by atoms with van der Waals surface area (Å²) in [5, 5.41) is 6.94. The van der Waals surface area contributed by atoms with Crippen LogP contribution in [0.2, 0.25) is 0 Å². The van der Waals surface area contributed by atoms with Crippen molar-refractivity contribution in [3.05, 3.63) is 0 Å². The van der Waals surface area contributed by atoms with Crippen molar-refractivity contribution in [2.24, 2.45) is 10.4 Å². The zero-order valence-corrected chi connectivity index (χ0v) is 12.2. The smallest absolute Gasteiger partial charge is 0.221 e. The average molecular weight is 273 g/mol. The molecule has 2 N–H and O–H groups in total. The molecule has 0 saturated heterocycles. The zero-order valence-electron chi connectivity index (χ0n) is 11.4. The maximum atomic E-state index is 11.4. The van der Waals surface area contributed by atoms with Crippen molar-refractivity contribution in [2.45, 2.75) is 20.3 Å². The molecule has 0 aliphatic carbocycles. The molecular weight excluding hydrogens is 250 g/mol. The fourth-order valence-electron chi connectivity index (χ4n) is 1.41. The molecule has 0 aromatic carbocycles. The number of amides is 1. The number of rotatable bonds is 6. The van der Waals surface area contributed by atoms with E-state index in [2.05, 4.69) is 29.5 Å². The Balaban J connectivity index is 2.11. The SMILES string of the molecule is COCCNC(=O)CCNC1=NCC(C)(C)CS1. The second-order valence-corrected chi connectivity index (χ2v) is 6.06. The van der Waals surface area contributed by atoms with E-state index in [1.807, 2.05) is 0 Å². The third kappa shape index (κ3) is 6.26. The van der Waals surface area contributed by atoms with Crippen LogP contribution in [0.4, 0.5) is 0 Å². The lowest BCUT2D eigenvalue weighted by atomic mass is 9.97. The zero-order chi connectivity index (χ0) is 13.4. The standard InChI is InChI=1S/C12H23N3O2S/c1-12(2)8-15-11(18-9-12)14-5-4-10(16)13-6-7-17-3/h4-9H2,1-3H3,(H,13,16)(H,14,15). The Hall–Kier alpha value is -0.750. The van der Waals surface area contributed by atoms with Crippen LogP contribution in [-0.4, -0.2) is 50.2 Å². The monoisotopic (exact) mass is 273 g/mol. The summed E-state index contributed by atoms with van der Waals surface area (Å²) in [4.78, 5) is 15.9. The van der Waals surface area contributed by atoms with E-state index in [1.54, 1.807) is 18.9 Å². The largest absolute Gasteiger partial charge is 0.383 e. The molecule has 0 fully saturated rings. The van der Waals surface area contributed by atoms with Gasteiger partial charge >= 0.3 is 0 Å². The molecule has 18 heavy (non-hydrogen) atoms. The molecule has 0 bridgehead atoms. The number of thioether (sulfide) groups is 1. The van der Waals surface area contributed by atoms with Gasteiger partial charge in [-0.05, 0) is 5.41 Å². The first-order valence-electron chi connectivity index (χ1n) is 6.20. The average Bonchev–Trinajstić information content (AvgIpc) is 2.32. The Morgan fingerprint density at radius 1 is 1.50 bits per heavy atom. The fraction of sp³-hybridized carbons (Fsp3) is 0.833. The number of nitrogens with zero attached hydrogens (tertiary/aromatic N) is 1. The van der Waals surface area contributed by atoms with Crippen LogP contribution in [-0.2, 0) is 9.53 Å². The number of hydrogen-bond donors (Lipinski definition) is 2. The molecule has 1 aliphatic heterocycles. The van der Waals surface area contributed by atoms with Crippen LogP contribution in [0.1, 0.15) is 20.3 Å². The molecule has 0 aromatic heterocycles. The number of amidine groups is 1. The number of methoxy groups -OCH3 is 1. The first kappa shape index (κ1) is 15.3. The lowest BCUT2D eigenvalue weighted by molar-refractivity contribution is -0.121. The van der Waals surface area contributed by atoms with Gasteiger partial charge in [-0.3, -0.25) is 9.79 Å². The van der Waals surface area contributed by atoms with E-state index < -0.39 is 0 Å². The summed E-state index contributed by atoms with van der Waals surface area (Å²) in [7, 11) is 1.62. The summed E-state index contributed by atoms with van der Waals surface area (Å²) in [6.45, 7) is 7.02. The number of ether oxygens (including phenoxy) is 1. The van der Waals surface area contributed by atoms with Crippen LogP contribution < -0.4 is 10.6 Å². The van der Waals surface area contributed by atoms with Crippen LogP contribution in [0.3, 0.4) is 0 Å². The highest BCUT2D eigenvalue weighted by molar-refractivity contribution is 8.13. The Kier molecular flexibility index (Phi) is 6.49. The van der Waals surface area contributed by atoms with Gasteiger partial charge in [-0.15, -0.1) is 0 Å². The quantitative estimate of drug-likeness (QED) is 0.705. The van der Waals surface area contributed by atoms with Gasteiger partial charge in [-0.2, -0.15) is 0 Å². The Morgan fingerprint density at radius 3 is 2.89 bits per heavy atom. The van der Waals surface area contributed by atoms with Crippen molar-refractivity contribution < 1.29 is 9.53 Å². The summed E-state index contributed by atoms with van der Waals surface area (Å²) in [5.74, 6) is 1.11. The molecule has 0 radical (unpaired) electrons. The van der Waals surface area contributed by atoms with Gasteiger partial charge in [0.25, 0.3) is 0 Å². The summed E-state index contributed by atoms with van der Waals surface area (Å²) < 4.78 is 4.86. The first-order valence-corrected chi connectivity index (χ1v) is 7.19. The molecule has 1 amide bonds. The summed E-state index contributed by atoms with van der Waals surface area (Å²) in [6, 6.07) is 0. The van der Waals surface area contributed by atoms with E-state index in [0.717, 1.165) is 17.5 Å². The molecule has 0 aromatic rings. The topological polar surface area (TPSA) is 62.7 Å². The molecule has 1 rings (SSSR count). The molecule has 0 saturated carbocycles. The van der Waals surface area contributed by atoms with E-state index in [0.29, 0.717) is 26.1 Å². The van der Waals surface area contributed by atoms with Crippen molar-refractivity contribution >= 4 is 22.8 Å². The van der Waals surface area contributed by atoms with E-state index in [9.17, 15) is 4.79 Å². The molecule has 0 atom stereocenters. The van der Waals surface area contributed by atoms with Crippen molar-refractivity contribution in [2.75, 3.05) is 39.1 Å². The lowest BCUT2D eigenvalue weighted by Gasteiger charge is -2.27. The van der Waals surface area contributed by atoms with E-state index >= 15 is 0 Å². The van der Waals surface area contributed by atoms with Gasteiger partial charge in [0, 0.05) is 38.9 Å². The van der Waals surface area contributed by atoms with Crippen LogP contribution in [0.25, 0.3) is 0 Å². The Bertz CT molecular complexity index is 306. The van der Waals surface area contributed by atoms with Crippen LogP contribution in [0.5, 0.6) is 0 Å². The minimum absolute atomic E-state index is 0.0429. The molecule has 104 valence electrons. The second kappa shape index (κ2) is 7.63. The van der Waals surface area contributed by atoms with Crippen molar-refractivity contribution in [1.82, 2.24) is 10.6 Å². The van der Waals surface area contributed by atoms with Gasteiger partial charge < -0.3 is 15.4 Å². The maximum Gasteiger partial charge on any atom is 0.221 e. The predicted molar refractivity (Wildman–Crippen MR) is 76.0 cm³/mol. The minimum Gasteiger partial charge on any atom is -0.383 e. The number of hydrogen-bond acceptors (Lipinski definition) is 5. The number of carbonyl (C=O) groups excluding carboxylic acids is 1. The highest BCUT2D eigenvalue weighted by Crippen LogP contribution is 2.26. The normalized spacial score (nSPS) is 18.1. The minimum atomic E-state index is 0.0429. The van der Waals surface area contributed by atoms with Gasteiger partial charge in [-0.25, -0.2) is 0 Å². The number of aliphatic imine (C=N–C) groups is 1. The molecule has 5 nitrogen and oxygen atoms in total. The fourth-order valence-corrected chi connectivity index (χ4v) is 2.39. The molecule has 0 unspecified atom stereocenters. The maximum absolute atomic E-state index is 11.4. The van der Waals surface area contributed by atoms with E-state index in [4.69, 9.17) is 4.74 Å². The van der Waals surface area contributed by atoms with Crippen molar-refractivity contribution in [3.63, 3.8) is 0 Å². The third-order valence-corrected chi connectivity index (χ3v) is 3.98. The van der Waals surface area contributed by atoms with Gasteiger partial charge in [0.05, 0.1) is 6.61 Å². The Labute approximate surface area is 113 Å². The summed E-state index contributed by atoms with van der Waals surface area (Å²) in [6.07, 6.45) is 0.465. The van der Waals surface area contributed by atoms with E-state index in [1.165, 1.54) is 0 Å². The number of nitrogens with one attached hydrogen (secondary N) is 2. The molecule has 1 heterocycles. The van der Waals surface area contributed by atoms with Crippen LogP contribution >= 0.6 is 11.8 Å². The van der Waals surface area contributed by atoms with Gasteiger partial charge in [0.1, 0.15) is 0 Å². The molecule has 1 aliphatic rings. The first-order chi connectivity index (χ1) is 8.53. The second-order valence-electron chi connectivity index (χ2n) is 5.09. The van der Waals surface area contributed by atoms with Crippen LogP contribution in [0.15, 0.2) is 4.99 Å². The molecular formula is C12H23N3O2S. The van der Waals surface area contributed by atoms with Crippen molar-refractivity contribution in [3.8, 4) is 0 Å². The predicted octanol–water partition coefficient (Wildman–Crippen LogP) is 0.858. The third-order valence-electron chi connectivity index (χ3n) is 2.51. The van der Waals surface area contributed by atoms with Gasteiger partial charge in [0.15, 0.2) is 5.17 Å². The highest BCUT2D eigenvalue weighted by atomic mass is 32.2. The Morgan fingerprint density at radius 2 is 2.28 bits per heavy atom. The lowest BCUT2D eigenvalue weighted by Crippen LogP contribution is -2.34. The number of carbonyl (C=O) groups is 1. The highest BCUT2D eigenvalue weighted by Gasteiger charge is 2.23. The van der Waals surface area contributed by atoms with Crippen LogP contribution in [0, 0.1) is 5.41 Å². The van der Waals surface area contributed by atoms with Gasteiger partial charge in [0.2, 0.25) is 5.91 Å². The molecule has 6 heteroatoms. The molecule has 0 spiro atoms. The van der Waals surface area contributed by atoms with Gasteiger partial charge in [-0.1, -0.05) is 25.6 Å². The van der Waals surface area contributed by atoms with E-state index in [-0.39, 0.29) is 11.3 Å². The van der Waals surface area contributed by atoms with Crippen molar-refractivity contribution in [1.29, 1.82) is 0 Å². The summed E-state index contributed by atoms with van der Waals surface area (Å²) >= 11 is 1.73.